The smallest absolute Gasteiger partial charge is 0.306 e. The molecule has 7 heteroatoms. The van der Waals surface area contributed by atoms with Gasteiger partial charge in [-0.2, -0.15) is 0 Å². The number of hydrogen-bond acceptors (Lipinski definition) is 7. The topological polar surface area (TPSA) is 113 Å². The number of unbranched alkanes of at least 4 members (excludes halogenated alkanes) is 16. The van der Waals surface area contributed by atoms with E-state index in [-0.39, 0.29) is 37.4 Å². The number of ether oxygens (including phenoxy) is 2. The van der Waals surface area contributed by atoms with Crippen molar-refractivity contribution in [2.24, 2.45) is 0 Å². The Kier molecular flexibility index (Phi) is 33.3. The third kappa shape index (κ3) is 32.2. The molecule has 0 aromatic heterocycles. The van der Waals surface area contributed by atoms with Crippen LogP contribution in [0.3, 0.4) is 0 Å². The molecule has 0 bridgehead atoms. The number of carbonyl (C=O) groups is 2. The number of esters is 2. The molecule has 0 aromatic rings. The van der Waals surface area contributed by atoms with Gasteiger partial charge in [-0.15, -0.1) is 0 Å². The molecule has 0 rings (SSSR count). The van der Waals surface area contributed by atoms with Crippen molar-refractivity contribution in [2.45, 2.75) is 199 Å². The minimum Gasteiger partial charge on any atom is -0.462 e. The van der Waals surface area contributed by atoms with Gasteiger partial charge in [-0.25, -0.2) is 0 Å². The molecule has 46 heavy (non-hydrogen) atoms. The first-order chi connectivity index (χ1) is 22.4. The van der Waals surface area contributed by atoms with E-state index >= 15 is 0 Å². The third-order valence-corrected chi connectivity index (χ3v) is 8.37. The second-order valence-electron chi connectivity index (χ2n) is 13.0. The van der Waals surface area contributed by atoms with E-state index in [1.165, 1.54) is 38.5 Å². The Morgan fingerprint density at radius 1 is 0.565 bits per heavy atom. The Morgan fingerprint density at radius 3 is 1.48 bits per heavy atom. The van der Waals surface area contributed by atoms with Crippen molar-refractivity contribution in [1.82, 2.24) is 0 Å². The molecule has 0 amide bonds. The lowest BCUT2D eigenvalue weighted by molar-refractivity contribution is -0.161. The van der Waals surface area contributed by atoms with Gasteiger partial charge >= 0.3 is 11.9 Å². The summed E-state index contributed by atoms with van der Waals surface area (Å²) >= 11 is 0. The minimum absolute atomic E-state index is 0.107. The molecule has 7 nitrogen and oxygen atoms in total. The Balaban J connectivity index is 3.67. The molecule has 0 radical (unpaired) electrons. The molecular formula is C39H72O7. The molecule has 1 unspecified atom stereocenters. The maximum Gasteiger partial charge on any atom is 0.306 e. The predicted octanol–water partition coefficient (Wildman–Crippen LogP) is 9.45. The van der Waals surface area contributed by atoms with Crippen molar-refractivity contribution >= 4 is 11.9 Å². The lowest BCUT2D eigenvalue weighted by atomic mass is 10.1. The molecule has 270 valence electrons. The lowest BCUT2D eigenvalue weighted by Gasteiger charge is -2.15. The summed E-state index contributed by atoms with van der Waals surface area (Å²) < 4.78 is 10.5. The number of aliphatic hydroxyl groups is 3. The van der Waals surface area contributed by atoms with Gasteiger partial charge < -0.3 is 24.8 Å². The van der Waals surface area contributed by atoms with Gasteiger partial charge in [-0.1, -0.05) is 128 Å². The van der Waals surface area contributed by atoms with E-state index in [0.717, 1.165) is 116 Å². The van der Waals surface area contributed by atoms with Crippen LogP contribution in [0.15, 0.2) is 24.3 Å². The summed E-state index contributed by atoms with van der Waals surface area (Å²) in [6.07, 6.45) is 32.8. The van der Waals surface area contributed by atoms with Crippen LogP contribution in [0.25, 0.3) is 0 Å². The van der Waals surface area contributed by atoms with Gasteiger partial charge in [-0.05, 0) is 64.2 Å². The SMILES string of the molecule is CCCCCC[C@@H](O)CC=CCCCCCCCC(=O)OCC(CO)OC(=O)CCCCCCCC=CC[C@H](O)CCCCCC. The van der Waals surface area contributed by atoms with E-state index in [1.54, 1.807) is 0 Å². The number of rotatable bonds is 34. The Labute approximate surface area is 282 Å². The molecule has 0 saturated heterocycles. The summed E-state index contributed by atoms with van der Waals surface area (Å²) in [5, 5.41) is 29.5. The van der Waals surface area contributed by atoms with Crippen molar-refractivity contribution in [3.63, 3.8) is 0 Å². The molecule has 0 aliphatic heterocycles. The fourth-order valence-corrected chi connectivity index (χ4v) is 5.34. The average Bonchev–Trinajstić information content (AvgIpc) is 3.05. The predicted molar refractivity (Wildman–Crippen MR) is 190 cm³/mol. The molecule has 0 aromatic carbocycles. The van der Waals surface area contributed by atoms with Crippen molar-refractivity contribution in [2.75, 3.05) is 13.2 Å². The van der Waals surface area contributed by atoms with Gasteiger partial charge in [-0.3, -0.25) is 9.59 Å². The third-order valence-electron chi connectivity index (χ3n) is 8.37. The molecule has 0 aliphatic rings. The van der Waals surface area contributed by atoms with E-state index in [9.17, 15) is 24.9 Å². The monoisotopic (exact) mass is 653 g/mol. The molecule has 0 spiro atoms. The molecule has 0 fully saturated rings. The Morgan fingerprint density at radius 2 is 1.00 bits per heavy atom. The Hall–Kier alpha value is -1.70. The quantitative estimate of drug-likeness (QED) is 0.0360. The summed E-state index contributed by atoms with van der Waals surface area (Å²) in [6, 6.07) is 0. The fraction of sp³-hybridized carbons (Fsp3) is 0.846. The number of allylic oxidation sites excluding steroid dienone is 2. The average molecular weight is 653 g/mol. The number of hydrogen-bond donors (Lipinski definition) is 3. The zero-order valence-electron chi connectivity index (χ0n) is 29.8. The summed E-state index contributed by atoms with van der Waals surface area (Å²) in [6.45, 7) is 3.92. The van der Waals surface area contributed by atoms with Crippen LogP contribution in [0, 0.1) is 0 Å². The van der Waals surface area contributed by atoms with Gasteiger partial charge in [0.1, 0.15) is 6.61 Å². The lowest BCUT2D eigenvalue weighted by Crippen LogP contribution is -2.28. The van der Waals surface area contributed by atoms with E-state index in [0.29, 0.717) is 12.8 Å². The van der Waals surface area contributed by atoms with Crippen LogP contribution >= 0.6 is 0 Å². The highest BCUT2D eigenvalue weighted by molar-refractivity contribution is 5.70. The van der Waals surface area contributed by atoms with Crippen LogP contribution in [0.1, 0.15) is 181 Å². The zero-order chi connectivity index (χ0) is 33.9. The zero-order valence-corrected chi connectivity index (χ0v) is 29.8. The van der Waals surface area contributed by atoms with Crippen molar-refractivity contribution in [1.29, 1.82) is 0 Å². The summed E-state index contributed by atoms with van der Waals surface area (Å²) in [7, 11) is 0. The van der Waals surface area contributed by atoms with E-state index in [1.807, 2.05) is 0 Å². The van der Waals surface area contributed by atoms with Gasteiger partial charge in [0.15, 0.2) is 6.10 Å². The molecule has 0 heterocycles. The van der Waals surface area contributed by atoms with Crippen LogP contribution in [0.5, 0.6) is 0 Å². The largest absolute Gasteiger partial charge is 0.462 e. The second-order valence-corrected chi connectivity index (χ2v) is 13.0. The second kappa shape index (κ2) is 34.6. The van der Waals surface area contributed by atoms with E-state index in [4.69, 9.17) is 9.47 Å². The summed E-state index contributed by atoms with van der Waals surface area (Å²) in [5.74, 6) is -0.682. The van der Waals surface area contributed by atoms with Crippen LogP contribution in [-0.2, 0) is 19.1 Å². The maximum absolute atomic E-state index is 12.1. The molecule has 0 aliphatic carbocycles. The van der Waals surface area contributed by atoms with Crippen molar-refractivity contribution in [3.05, 3.63) is 24.3 Å². The van der Waals surface area contributed by atoms with Crippen LogP contribution in [0.4, 0.5) is 0 Å². The minimum atomic E-state index is -0.812. The molecule has 0 saturated carbocycles. The molecular weight excluding hydrogens is 580 g/mol. The van der Waals surface area contributed by atoms with Crippen molar-refractivity contribution in [3.8, 4) is 0 Å². The van der Waals surface area contributed by atoms with Gasteiger partial charge in [0.2, 0.25) is 0 Å². The first-order valence-electron chi connectivity index (χ1n) is 19.0. The van der Waals surface area contributed by atoms with Gasteiger partial charge in [0.05, 0.1) is 18.8 Å². The van der Waals surface area contributed by atoms with Gasteiger partial charge in [0.25, 0.3) is 0 Å². The molecule has 3 N–H and O–H groups in total. The maximum atomic E-state index is 12.1. The standard InChI is InChI=1S/C39H72O7/c1-3-5-7-21-27-35(41)29-23-17-13-9-11-15-19-25-31-38(43)45-34-37(33-40)46-39(44)32-26-20-16-12-10-14-18-24-30-36(42)28-22-8-6-4-2/h17-18,23-24,35-37,40-42H,3-16,19-22,25-34H2,1-2H3/t35-,36-,37?/m1/s1. The first kappa shape index (κ1) is 44.3. The normalized spacial score (nSPS) is 13.8. The van der Waals surface area contributed by atoms with E-state index in [2.05, 4.69) is 38.2 Å². The summed E-state index contributed by atoms with van der Waals surface area (Å²) in [5.41, 5.74) is 0. The highest BCUT2D eigenvalue weighted by Crippen LogP contribution is 2.13. The summed E-state index contributed by atoms with van der Waals surface area (Å²) in [4.78, 5) is 24.2. The number of aliphatic hydroxyl groups excluding tert-OH is 3. The van der Waals surface area contributed by atoms with Crippen LogP contribution < -0.4 is 0 Å². The van der Waals surface area contributed by atoms with Gasteiger partial charge in [0, 0.05) is 12.8 Å². The highest BCUT2D eigenvalue weighted by Gasteiger charge is 2.16. The molecule has 3 atom stereocenters. The van der Waals surface area contributed by atoms with Crippen LogP contribution in [0.2, 0.25) is 0 Å². The van der Waals surface area contributed by atoms with Crippen LogP contribution in [-0.4, -0.2) is 58.8 Å². The van der Waals surface area contributed by atoms with Crippen molar-refractivity contribution < 1.29 is 34.4 Å². The number of carbonyl (C=O) groups excluding carboxylic acids is 2. The van der Waals surface area contributed by atoms with E-state index < -0.39 is 6.10 Å². The highest BCUT2D eigenvalue weighted by atomic mass is 16.6. The first-order valence-corrected chi connectivity index (χ1v) is 19.0. The Bertz CT molecular complexity index is 736. The fourth-order valence-electron chi connectivity index (χ4n) is 5.34.